The van der Waals surface area contributed by atoms with Gasteiger partial charge in [0.15, 0.2) is 0 Å². The number of fused-ring (bicyclic) bond motifs is 1. The highest BCUT2D eigenvalue weighted by atomic mass is 16.5. The van der Waals surface area contributed by atoms with Gasteiger partial charge in [-0.3, -0.25) is 19.2 Å². The molecule has 2 heterocycles. The van der Waals surface area contributed by atoms with Crippen LogP contribution in [0.5, 0.6) is 5.75 Å². The lowest BCUT2D eigenvalue weighted by Gasteiger charge is -2.22. The number of benzene rings is 2. The molecule has 2 aromatic carbocycles. The van der Waals surface area contributed by atoms with Crippen LogP contribution >= 0.6 is 0 Å². The first-order valence-electron chi connectivity index (χ1n) is 12.0. The van der Waals surface area contributed by atoms with E-state index >= 15 is 0 Å². The van der Waals surface area contributed by atoms with E-state index in [2.05, 4.69) is 0 Å². The molecule has 0 N–H and O–H groups in total. The number of esters is 1. The monoisotopic (exact) mass is 472 g/mol. The van der Waals surface area contributed by atoms with Crippen LogP contribution in [0, 0.1) is 37.5 Å². The fourth-order valence-corrected chi connectivity index (χ4v) is 5.51. The maximum Gasteiger partial charge on any atom is 0.316 e. The van der Waals surface area contributed by atoms with Gasteiger partial charge < -0.3 is 9.64 Å². The molecule has 0 unspecified atom stereocenters. The maximum atomic E-state index is 13.1. The Hall–Kier alpha value is -3.74. The molecule has 35 heavy (non-hydrogen) atoms. The average Bonchev–Trinajstić information content (AvgIpc) is 3.31. The molecule has 5 rings (SSSR count). The number of aryl methyl sites for hydroxylation is 2. The molecular formula is C28H28N2O5. The second kappa shape index (κ2) is 8.80. The minimum Gasteiger partial charge on any atom is -0.426 e. The van der Waals surface area contributed by atoms with Crippen LogP contribution in [0.3, 0.4) is 0 Å². The Morgan fingerprint density at radius 1 is 0.971 bits per heavy atom. The van der Waals surface area contributed by atoms with Crippen molar-refractivity contribution in [3.05, 3.63) is 65.7 Å². The van der Waals surface area contributed by atoms with Crippen LogP contribution in [0.2, 0.25) is 0 Å². The number of hydrogen-bond donors (Lipinski definition) is 0. The Morgan fingerprint density at radius 2 is 1.71 bits per heavy atom. The first kappa shape index (κ1) is 23.0. The Bertz CT molecular complexity index is 1250. The third-order valence-electron chi connectivity index (χ3n) is 7.14. The van der Waals surface area contributed by atoms with Gasteiger partial charge in [-0.25, -0.2) is 4.90 Å². The summed E-state index contributed by atoms with van der Waals surface area (Å²) in [5.74, 6) is -2.14. The maximum absolute atomic E-state index is 13.1. The van der Waals surface area contributed by atoms with Gasteiger partial charge in [-0.2, -0.15) is 0 Å². The first-order chi connectivity index (χ1) is 16.7. The number of ether oxygens (including phenoxy) is 1. The van der Waals surface area contributed by atoms with E-state index in [-0.39, 0.29) is 54.2 Å². The van der Waals surface area contributed by atoms with Crippen LogP contribution < -0.4 is 14.5 Å². The van der Waals surface area contributed by atoms with Crippen molar-refractivity contribution in [1.82, 2.24) is 0 Å². The standard InChI is InChI=1S/C28H28N2O5/c1-16-10-17(2)12-21(11-16)29-15-19(13-24(29)31)28(34)35-22-8-5-7-20(14-22)30-26(32)23-9-4-6-18(3)25(23)27(30)33/h4-8,10-12,14,18-19,23,25H,9,13,15H2,1-3H3/t18-,19-,23-,25-/m0/s1. The second-order valence-corrected chi connectivity index (χ2v) is 9.84. The fourth-order valence-electron chi connectivity index (χ4n) is 5.51. The van der Waals surface area contributed by atoms with Crippen molar-refractivity contribution >= 4 is 35.1 Å². The van der Waals surface area contributed by atoms with Crippen molar-refractivity contribution < 1.29 is 23.9 Å². The zero-order valence-electron chi connectivity index (χ0n) is 20.1. The molecule has 0 saturated carbocycles. The minimum atomic E-state index is -0.600. The molecule has 0 aromatic heterocycles. The molecule has 0 spiro atoms. The zero-order chi connectivity index (χ0) is 24.9. The third-order valence-corrected chi connectivity index (χ3v) is 7.14. The second-order valence-electron chi connectivity index (χ2n) is 9.84. The van der Waals surface area contributed by atoms with Gasteiger partial charge in [-0.05, 0) is 61.6 Å². The van der Waals surface area contributed by atoms with E-state index in [1.807, 2.05) is 51.1 Å². The summed E-state index contributed by atoms with van der Waals surface area (Å²) in [6.45, 7) is 6.14. The SMILES string of the molecule is Cc1cc(C)cc(N2C[C@@H](C(=O)Oc3cccc(N4C(=O)[C@@H]5[C@H](CC=C[C@@H]5C)C4=O)c3)CC2=O)c1. The lowest BCUT2D eigenvalue weighted by Crippen LogP contribution is -2.31. The lowest BCUT2D eigenvalue weighted by molar-refractivity contribution is -0.139. The number of hydrogen-bond acceptors (Lipinski definition) is 5. The quantitative estimate of drug-likeness (QED) is 0.291. The normalized spacial score (nSPS) is 25.9. The molecule has 3 amide bonds. The predicted molar refractivity (Wildman–Crippen MR) is 131 cm³/mol. The first-order valence-corrected chi connectivity index (χ1v) is 12.0. The van der Waals surface area contributed by atoms with Crippen molar-refractivity contribution in [3.63, 3.8) is 0 Å². The smallest absolute Gasteiger partial charge is 0.316 e. The molecule has 1 aliphatic carbocycles. The van der Waals surface area contributed by atoms with Gasteiger partial charge in [0.25, 0.3) is 0 Å². The van der Waals surface area contributed by atoms with Crippen LogP contribution in [0.25, 0.3) is 0 Å². The Kier molecular flexibility index (Phi) is 5.79. The van der Waals surface area contributed by atoms with Crippen molar-refractivity contribution in [1.29, 1.82) is 0 Å². The van der Waals surface area contributed by atoms with Crippen molar-refractivity contribution in [3.8, 4) is 5.75 Å². The zero-order valence-corrected chi connectivity index (χ0v) is 20.1. The molecular weight excluding hydrogens is 444 g/mol. The highest BCUT2D eigenvalue weighted by molar-refractivity contribution is 6.22. The molecule has 4 atom stereocenters. The van der Waals surface area contributed by atoms with Gasteiger partial charge >= 0.3 is 5.97 Å². The molecule has 0 bridgehead atoms. The predicted octanol–water partition coefficient (Wildman–Crippen LogP) is 3.96. The summed E-state index contributed by atoms with van der Waals surface area (Å²) in [5.41, 5.74) is 3.27. The van der Waals surface area contributed by atoms with E-state index in [4.69, 9.17) is 4.74 Å². The number of allylic oxidation sites excluding steroid dienone is 2. The number of nitrogens with zero attached hydrogens (tertiary/aromatic N) is 2. The van der Waals surface area contributed by atoms with Gasteiger partial charge in [0, 0.05) is 24.7 Å². The molecule has 2 aliphatic heterocycles. The van der Waals surface area contributed by atoms with E-state index < -0.39 is 11.9 Å². The summed E-state index contributed by atoms with van der Waals surface area (Å²) in [7, 11) is 0. The number of amides is 3. The summed E-state index contributed by atoms with van der Waals surface area (Å²) in [4.78, 5) is 54.5. The van der Waals surface area contributed by atoms with E-state index in [1.165, 1.54) is 4.90 Å². The number of carbonyl (C=O) groups is 4. The number of imide groups is 1. The fraction of sp³-hybridized carbons (Fsp3) is 0.357. The molecule has 2 aromatic rings. The largest absolute Gasteiger partial charge is 0.426 e. The molecule has 3 aliphatic rings. The summed E-state index contributed by atoms with van der Waals surface area (Å²) in [5, 5.41) is 0. The Morgan fingerprint density at radius 3 is 2.43 bits per heavy atom. The van der Waals surface area contributed by atoms with Gasteiger partial charge in [-0.1, -0.05) is 31.2 Å². The van der Waals surface area contributed by atoms with E-state index in [0.29, 0.717) is 12.1 Å². The molecule has 0 radical (unpaired) electrons. The molecule has 2 saturated heterocycles. The van der Waals surface area contributed by atoms with Crippen molar-refractivity contribution in [2.75, 3.05) is 16.3 Å². The molecule has 2 fully saturated rings. The van der Waals surface area contributed by atoms with E-state index in [0.717, 1.165) is 16.8 Å². The molecule has 180 valence electrons. The Labute approximate surface area is 204 Å². The Balaban J connectivity index is 1.30. The molecule has 7 nitrogen and oxygen atoms in total. The van der Waals surface area contributed by atoms with Gasteiger partial charge in [0.2, 0.25) is 17.7 Å². The average molecular weight is 473 g/mol. The van der Waals surface area contributed by atoms with Gasteiger partial charge in [0.05, 0.1) is 23.4 Å². The van der Waals surface area contributed by atoms with Crippen molar-refractivity contribution in [2.24, 2.45) is 23.7 Å². The van der Waals surface area contributed by atoms with Gasteiger partial charge in [0.1, 0.15) is 5.75 Å². The van der Waals surface area contributed by atoms with Gasteiger partial charge in [-0.15, -0.1) is 0 Å². The van der Waals surface area contributed by atoms with Crippen LogP contribution in [0.15, 0.2) is 54.6 Å². The van der Waals surface area contributed by atoms with Crippen LogP contribution in [0.1, 0.15) is 30.9 Å². The highest BCUT2D eigenvalue weighted by Crippen LogP contribution is 2.41. The topological polar surface area (TPSA) is 84.0 Å². The highest BCUT2D eigenvalue weighted by Gasteiger charge is 2.50. The van der Waals surface area contributed by atoms with Crippen LogP contribution in [0.4, 0.5) is 11.4 Å². The third kappa shape index (κ3) is 4.16. The van der Waals surface area contributed by atoms with E-state index in [1.54, 1.807) is 29.2 Å². The summed E-state index contributed by atoms with van der Waals surface area (Å²) in [6, 6.07) is 12.4. The van der Waals surface area contributed by atoms with E-state index in [9.17, 15) is 19.2 Å². The van der Waals surface area contributed by atoms with Crippen LogP contribution in [-0.2, 0) is 19.2 Å². The van der Waals surface area contributed by atoms with Crippen LogP contribution in [-0.4, -0.2) is 30.2 Å². The summed E-state index contributed by atoms with van der Waals surface area (Å²) in [6.07, 6.45) is 4.57. The molecule has 7 heteroatoms. The summed E-state index contributed by atoms with van der Waals surface area (Å²) < 4.78 is 5.61. The number of rotatable bonds is 4. The minimum absolute atomic E-state index is 0.00347. The summed E-state index contributed by atoms with van der Waals surface area (Å²) >= 11 is 0. The number of carbonyl (C=O) groups excluding carboxylic acids is 4. The van der Waals surface area contributed by atoms with Crippen molar-refractivity contribution in [2.45, 2.75) is 33.6 Å². The number of anilines is 2. The lowest BCUT2D eigenvalue weighted by atomic mass is 9.78.